The van der Waals surface area contributed by atoms with E-state index in [0.29, 0.717) is 0 Å². The summed E-state index contributed by atoms with van der Waals surface area (Å²) in [5.41, 5.74) is 0. The molecule has 0 bridgehead atoms. The zero-order chi connectivity index (χ0) is 35.3. The molecule has 0 aromatic rings. The molecule has 1 aliphatic heterocycles. The Morgan fingerprint density at radius 2 is 0.200 bits per heavy atom. The van der Waals surface area contributed by atoms with E-state index in [1.54, 1.807) is 0 Å². The smallest absolute Gasteiger partial charge is 0.0474 e. The lowest BCUT2D eigenvalue weighted by Crippen LogP contribution is -2.47. The summed E-state index contributed by atoms with van der Waals surface area (Å²) in [5, 5.41) is 25.7. The highest BCUT2D eigenvalue weighted by Gasteiger charge is 1.90. The third kappa shape index (κ3) is 206. The maximum absolute atomic E-state index is 3.21. The van der Waals surface area contributed by atoms with Crippen LogP contribution in [0, 0.1) is 0 Å². The molecule has 264 valence electrons. The van der Waals surface area contributed by atoms with E-state index in [2.05, 4.69) is 42.5 Å². The van der Waals surface area contributed by atoms with Crippen LogP contribution in [0.2, 0.25) is 0 Å². The second kappa shape index (κ2) is 223. The minimum Gasteiger partial charge on any atom is -0.292 e. The van der Waals surface area contributed by atoms with Crippen molar-refractivity contribution >= 4 is 0 Å². The van der Waals surface area contributed by atoms with Gasteiger partial charge in [0.1, 0.15) is 0 Å². The summed E-state index contributed by atoms with van der Waals surface area (Å²) >= 11 is 0. The summed E-state index contributed by atoms with van der Waals surface area (Å²) < 4.78 is 0. The highest BCUT2D eigenvalue weighted by Crippen LogP contribution is 1.57. The van der Waals surface area contributed by atoms with E-state index in [-0.39, 0.29) is 0 Å². The Balaban J connectivity index is -0.0000000275. The molecule has 0 radical (unpaired) electrons. The van der Waals surface area contributed by atoms with Gasteiger partial charge in [0.05, 0.1) is 0 Å². The van der Waals surface area contributed by atoms with E-state index < -0.39 is 0 Å². The highest BCUT2D eigenvalue weighted by molar-refractivity contribution is 4.50. The first-order valence-electron chi connectivity index (χ1n) is 17.7. The van der Waals surface area contributed by atoms with E-state index in [4.69, 9.17) is 0 Å². The molecule has 8 nitrogen and oxygen atoms in total. The number of nitrogens with one attached hydrogen (secondary N) is 8. The molecule has 0 unspecified atom stereocenters. The van der Waals surface area contributed by atoms with E-state index in [9.17, 15) is 0 Å². The standard InChI is InChI=1S/C8H24N8.12C2H6/c1-9-2-11-4-13-6-15-8-16-7-14-5-12-3-10-1;12*1-2/h9-16H,1-8H2;12*1-2H3. The van der Waals surface area contributed by atoms with Gasteiger partial charge in [-0.3, -0.25) is 42.5 Å². The molecular formula is C32H96N8. The maximum Gasteiger partial charge on any atom is 0.0474 e. The van der Waals surface area contributed by atoms with Crippen LogP contribution in [0.3, 0.4) is 0 Å². The Hall–Kier alpha value is -0.320. The Bertz CT molecular complexity index is 92.9. The highest BCUT2D eigenvalue weighted by atomic mass is 15.3. The molecule has 1 fully saturated rings. The fraction of sp³-hybridized carbons (Fsp3) is 1.00. The maximum atomic E-state index is 3.21. The Morgan fingerprint density at radius 1 is 0.150 bits per heavy atom. The van der Waals surface area contributed by atoms with Gasteiger partial charge >= 0.3 is 0 Å². The van der Waals surface area contributed by atoms with Gasteiger partial charge in [0.2, 0.25) is 0 Å². The van der Waals surface area contributed by atoms with Gasteiger partial charge in [0.15, 0.2) is 0 Å². The first-order valence-corrected chi connectivity index (χ1v) is 17.7. The first kappa shape index (κ1) is 77.5. The second-order valence-corrected chi connectivity index (χ2v) is 3.41. The minimum atomic E-state index is 0.788. The quantitative estimate of drug-likeness (QED) is 0.141. The summed E-state index contributed by atoms with van der Waals surface area (Å²) in [4.78, 5) is 0. The molecule has 0 saturated carbocycles. The van der Waals surface area contributed by atoms with Crippen molar-refractivity contribution in [2.24, 2.45) is 0 Å². The zero-order valence-corrected chi connectivity index (χ0v) is 33.7. The normalized spacial score (nSPS) is 11.4. The molecule has 8 N–H and O–H groups in total. The van der Waals surface area contributed by atoms with Crippen molar-refractivity contribution in [2.45, 2.75) is 166 Å². The lowest BCUT2D eigenvalue weighted by molar-refractivity contribution is 0.443. The van der Waals surface area contributed by atoms with E-state index >= 15 is 0 Å². The van der Waals surface area contributed by atoms with Gasteiger partial charge in [-0.2, -0.15) is 0 Å². The Labute approximate surface area is 262 Å². The van der Waals surface area contributed by atoms with Crippen molar-refractivity contribution in [3.05, 3.63) is 0 Å². The van der Waals surface area contributed by atoms with Crippen LogP contribution in [0.15, 0.2) is 0 Å². The van der Waals surface area contributed by atoms with Crippen LogP contribution >= 0.6 is 0 Å². The van der Waals surface area contributed by atoms with E-state index in [1.165, 1.54) is 0 Å². The SMILES string of the molecule is C1NCNCNCNCNCNCNCN1.CC.CC.CC.CC.CC.CC.CC.CC.CC.CC.CC.CC. The largest absolute Gasteiger partial charge is 0.292 e. The monoisotopic (exact) mass is 593 g/mol. The summed E-state index contributed by atoms with van der Waals surface area (Å²) in [6.07, 6.45) is 0. The summed E-state index contributed by atoms with van der Waals surface area (Å²) in [7, 11) is 0. The van der Waals surface area contributed by atoms with Crippen LogP contribution < -0.4 is 42.5 Å². The van der Waals surface area contributed by atoms with Crippen LogP contribution in [-0.4, -0.2) is 53.3 Å². The minimum absolute atomic E-state index is 0.788. The number of hydrogen-bond acceptors (Lipinski definition) is 8. The van der Waals surface area contributed by atoms with Gasteiger partial charge in [-0.15, -0.1) is 0 Å². The number of rotatable bonds is 0. The molecule has 1 rings (SSSR count). The fourth-order valence-corrected chi connectivity index (χ4v) is 1.21. The average Bonchev–Trinajstić information content (AvgIpc) is 3.12. The number of hydrogen-bond donors (Lipinski definition) is 8. The molecule has 0 amide bonds. The average molecular weight is 593 g/mol. The summed E-state index contributed by atoms with van der Waals surface area (Å²) in [6.45, 7) is 54.3. The lowest BCUT2D eigenvalue weighted by atomic mass is 10.8. The predicted molar refractivity (Wildman–Crippen MR) is 200 cm³/mol. The van der Waals surface area contributed by atoms with Gasteiger partial charge in [-0.25, -0.2) is 0 Å². The van der Waals surface area contributed by atoms with Gasteiger partial charge in [-0.05, 0) is 0 Å². The zero-order valence-electron chi connectivity index (χ0n) is 33.7. The third-order valence-corrected chi connectivity index (χ3v) is 2.00. The van der Waals surface area contributed by atoms with Crippen LogP contribution in [0.5, 0.6) is 0 Å². The second-order valence-electron chi connectivity index (χ2n) is 3.41. The van der Waals surface area contributed by atoms with Crippen molar-refractivity contribution in [1.82, 2.24) is 42.5 Å². The van der Waals surface area contributed by atoms with Crippen molar-refractivity contribution < 1.29 is 0 Å². The molecular weight excluding hydrogens is 496 g/mol. The molecule has 0 aromatic heterocycles. The molecule has 0 aromatic carbocycles. The van der Waals surface area contributed by atoms with Crippen LogP contribution in [0.25, 0.3) is 0 Å². The Morgan fingerprint density at radius 3 is 0.250 bits per heavy atom. The summed E-state index contributed by atoms with van der Waals surface area (Å²) in [6, 6.07) is 0. The van der Waals surface area contributed by atoms with Gasteiger partial charge in [-0.1, -0.05) is 166 Å². The van der Waals surface area contributed by atoms with Crippen molar-refractivity contribution in [3.63, 3.8) is 0 Å². The van der Waals surface area contributed by atoms with E-state index in [0.717, 1.165) is 53.3 Å². The van der Waals surface area contributed by atoms with E-state index in [1.807, 2.05) is 166 Å². The van der Waals surface area contributed by atoms with Gasteiger partial charge in [0.25, 0.3) is 0 Å². The topological polar surface area (TPSA) is 96.2 Å². The Kier molecular flexibility index (Phi) is 433. The predicted octanol–water partition coefficient (Wildman–Crippen LogP) is 8.69. The molecule has 8 heteroatoms. The van der Waals surface area contributed by atoms with Gasteiger partial charge < -0.3 is 0 Å². The first-order chi connectivity index (χ1) is 20.0. The van der Waals surface area contributed by atoms with Crippen LogP contribution in [0.4, 0.5) is 0 Å². The molecule has 0 atom stereocenters. The third-order valence-electron chi connectivity index (χ3n) is 2.00. The molecule has 40 heavy (non-hydrogen) atoms. The van der Waals surface area contributed by atoms with Crippen LogP contribution in [-0.2, 0) is 0 Å². The lowest BCUT2D eigenvalue weighted by Gasteiger charge is -2.13. The van der Waals surface area contributed by atoms with Crippen molar-refractivity contribution in [1.29, 1.82) is 0 Å². The molecule has 1 heterocycles. The summed E-state index contributed by atoms with van der Waals surface area (Å²) in [5.74, 6) is 0. The van der Waals surface area contributed by atoms with Crippen molar-refractivity contribution in [2.75, 3.05) is 53.3 Å². The van der Waals surface area contributed by atoms with Crippen LogP contribution in [0.1, 0.15) is 166 Å². The van der Waals surface area contributed by atoms with Gasteiger partial charge in [0, 0.05) is 53.3 Å². The molecule has 0 spiro atoms. The molecule has 0 aliphatic carbocycles. The van der Waals surface area contributed by atoms with Crippen molar-refractivity contribution in [3.8, 4) is 0 Å². The molecule has 1 saturated heterocycles. The fourth-order valence-electron chi connectivity index (χ4n) is 1.21. The molecule has 1 aliphatic rings.